The molecular weight excluding hydrogens is 869 g/mol. The third-order valence-electron chi connectivity index (χ3n) is 13.1. The Hall–Kier alpha value is -5.91. The predicted molar refractivity (Wildman–Crippen MR) is 255 cm³/mol. The molecule has 1 aromatic heterocycles. The molecule has 1 saturated heterocycles. The molecule has 2 fully saturated rings. The van der Waals surface area contributed by atoms with Crippen molar-refractivity contribution >= 4 is 35.6 Å². The summed E-state index contributed by atoms with van der Waals surface area (Å²) in [6.07, 6.45) is 1.98. The minimum atomic E-state index is -1.52. The Morgan fingerprint density at radius 3 is 2.21 bits per heavy atom. The minimum absolute atomic E-state index is 0. The first-order chi connectivity index (χ1) is 32.0. The van der Waals surface area contributed by atoms with E-state index in [9.17, 15) is 33.9 Å². The average Bonchev–Trinajstić information content (AvgIpc) is 3.81. The lowest BCUT2D eigenvalue weighted by molar-refractivity contribution is -0.144. The number of nitrogens with zero attached hydrogens (tertiary/aromatic N) is 6. The first kappa shape index (κ1) is 53.1. The number of aliphatic hydroxyl groups excluding tert-OH is 1. The molecule has 3 aliphatic rings. The van der Waals surface area contributed by atoms with Crippen molar-refractivity contribution < 1.29 is 38.6 Å². The Morgan fingerprint density at radius 1 is 0.868 bits per heavy atom. The zero-order chi connectivity index (χ0) is 48.4. The maximum absolute atomic E-state index is 14.7. The number of hydrogen-bond donors (Lipinski definition) is 5. The number of nitrogens with one attached hydrogen (secondary N) is 4. The van der Waals surface area contributed by atoms with Crippen molar-refractivity contribution in [2.24, 2.45) is 11.8 Å². The van der Waals surface area contributed by atoms with Gasteiger partial charge in [-0.05, 0) is 91.3 Å². The number of hydrogen-bond acceptors (Lipinski definition) is 11. The average molecular weight is 943 g/mol. The number of amides is 6. The second-order valence-electron chi connectivity index (χ2n) is 19.5. The van der Waals surface area contributed by atoms with Gasteiger partial charge in [-0.15, -0.1) is 5.10 Å². The Kier molecular flexibility index (Phi) is 18.6. The summed E-state index contributed by atoms with van der Waals surface area (Å²) in [4.78, 5) is 85.8. The number of unbranched alkanes of at least 4 members (excludes halogenated alkanes) is 1. The molecule has 6 atom stereocenters. The van der Waals surface area contributed by atoms with E-state index in [4.69, 9.17) is 4.74 Å². The molecule has 0 bridgehead atoms. The van der Waals surface area contributed by atoms with Crippen LogP contribution >= 0.6 is 0 Å². The topological polar surface area (TPSA) is 230 Å². The molecule has 18 nitrogen and oxygen atoms in total. The van der Waals surface area contributed by atoms with Gasteiger partial charge in [-0.2, -0.15) is 0 Å². The second-order valence-corrected chi connectivity index (χ2v) is 19.5. The van der Waals surface area contributed by atoms with E-state index < -0.39 is 77.6 Å². The van der Waals surface area contributed by atoms with Crippen molar-refractivity contribution in [3.8, 4) is 0 Å². The van der Waals surface area contributed by atoms with Crippen molar-refractivity contribution in [3.05, 3.63) is 77.1 Å². The molecule has 1 saturated carbocycles. The summed E-state index contributed by atoms with van der Waals surface area (Å²) in [5.41, 5.74) is 2.74. The van der Waals surface area contributed by atoms with Gasteiger partial charge in [-0.25, -0.2) is 9.48 Å². The Balaban J connectivity index is 0.00000864. The first-order valence-corrected chi connectivity index (χ1v) is 24.0. The van der Waals surface area contributed by atoms with E-state index >= 15 is 0 Å². The first-order valence-electron chi connectivity index (χ1n) is 24.0. The van der Waals surface area contributed by atoms with E-state index in [1.54, 1.807) is 37.3 Å². The van der Waals surface area contributed by atoms with Gasteiger partial charge in [-0.3, -0.25) is 24.0 Å². The van der Waals surface area contributed by atoms with Gasteiger partial charge in [-0.1, -0.05) is 103 Å². The SMILES string of the molecule is C.CCCC(NC(=O)[C@@H]1CC(OC(=O)N2CCc3ccccc3C2)CN1C(=O)C(NC(=O)[C@@H](NC(=O)CCCCc1nnnn1C(C)(C)c1ccccc1)C(C)C)C(C)C)C(O)C(=O)NC1CC1. The van der Waals surface area contributed by atoms with Gasteiger partial charge >= 0.3 is 6.09 Å². The number of aromatic nitrogens is 4. The zero-order valence-electron chi connectivity index (χ0n) is 40.1. The second kappa shape index (κ2) is 23.9. The standard InChI is InChI=1S/C49H70N10O8.CH4/c1-8-16-37(43(61)46(64)50-35-23-24-35)51-44(62)38-27-36(67-48(66)57-26-25-32-17-12-13-18-33(32)28-57)29-58(38)47(65)42(31(4)5)53-45(63)41(30(2)3)52-40(60)22-15-14-21-39-54-55-56-59(39)49(6,7)34-19-10-9-11-20-34;/h9-13,17-20,30-31,35-38,41-43,61H,8,14-16,21-29H2,1-7H3,(H,50,64)(H,51,62)(H,52,60)(H,53,63);1H4/t36?,37?,38-,41-,42?,43?;/m0./s1. The largest absolute Gasteiger partial charge is 0.444 e. The molecule has 4 unspecified atom stereocenters. The van der Waals surface area contributed by atoms with Gasteiger partial charge in [0.2, 0.25) is 23.6 Å². The molecule has 18 heteroatoms. The molecule has 1 aliphatic carbocycles. The highest BCUT2D eigenvalue weighted by Gasteiger charge is 2.46. The van der Waals surface area contributed by atoms with Crippen LogP contribution in [0.3, 0.4) is 0 Å². The number of carbonyl (C=O) groups is 6. The molecular formula is C50H74N10O8. The number of rotatable bonds is 21. The number of aliphatic hydroxyl groups is 1. The van der Waals surface area contributed by atoms with E-state index in [-0.39, 0.29) is 44.7 Å². The van der Waals surface area contributed by atoms with Crippen LogP contribution in [0.5, 0.6) is 0 Å². The van der Waals surface area contributed by atoms with Gasteiger partial charge in [0.25, 0.3) is 5.91 Å². The molecule has 6 rings (SSSR count). The van der Waals surface area contributed by atoms with Crippen LogP contribution in [0.25, 0.3) is 0 Å². The van der Waals surface area contributed by atoms with E-state index in [0.717, 1.165) is 29.5 Å². The zero-order valence-corrected chi connectivity index (χ0v) is 40.1. The fourth-order valence-corrected chi connectivity index (χ4v) is 8.89. The molecule has 372 valence electrons. The van der Waals surface area contributed by atoms with E-state index in [0.29, 0.717) is 57.4 Å². The van der Waals surface area contributed by atoms with Gasteiger partial charge in [0, 0.05) is 38.4 Å². The van der Waals surface area contributed by atoms with Crippen molar-refractivity contribution in [3.63, 3.8) is 0 Å². The lowest BCUT2D eigenvalue weighted by Gasteiger charge is -2.33. The van der Waals surface area contributed by atoms with Crippen molar-refractivity contribution in [2.45, 2.75) is 175 Å². The number of carbonyl (C=O) groups excluding carboxylic acids is 6. The lowest BCUT2D eigenvalue weighted by Crippen LogP contribution is -2.60. The lowest BCUT2D eigenvalue weighted by atomic mass is 9.94. The van der Waals surface area contributed by atoms with E-state index in [2.05, 4.69) is 36.8 Å². The third kappa shape index (κ3) is 13.4. The summed E-state index contributed by atoms with van der Waals surface area (Å²) in [6, 6.07) is 13.6. The Bertz CT molecular complexity index is 2190. The van der Waals surface area contributed by atoms with Crippen LogP contribution in [-0.4, -0.2) is 126 Å². The predicted octanol–water partition coefficient (Wildman–Crippen LogP) is 4.18. The normalized spacial score (nSPS) is 18.7. The highest BCUT2D eigenvalue weighted by atomic mass is 16.6. The van der Waals surface area contributed by atoms with E-state index in [1.807, 2.05) is 75.4 Å². The summed E-state index contributed by atoms with van der Waals surface area (Å²) in [6.45, 7) is 13.8. The van der Waals surface area contributed by atoms with E-state index in [1.165, 1.54) is 4.90 Å². The van der Waals surface area contributed by atoms with Crippen LogP contribution in [0.15, 0.2) is 54.6 Å². The van der Waals surface area contributed by atoms with Gasteiger partial charge in [0.15, 0.2) is 11.9 Å². The fraction of sp³-hybridized carbons (Fsp3) is 0.620. The maximum atomic E-state index is 14.7. The number of tetrazole rings is 1. The quantitative estimate of drug-likeness (QED) is 0.0952. The van der Waals surface area contributed by atoms with Crippen LogP contribution in [-0.2, 0) is 53.6 Å². The molecule has 0 radical (unpaired) electrons. The Labute approximate surface area is 401 Å². The molecule has 6 amide bonds. The van der Waals surface area contributed by atoms with Crippen LogP contribution in [0.1, 0.15) is 130 Å². The molecule has 2 aliphatic heterocycles. The van der Waals surface area contributed by atoms with Crippen LogP contribution in [0.2, 0.25) is 0 Å². The van der Waals surface area contributed by atoms with Gasteiger partial charge in [0.1, 0.15) is 24.2 Å². The summed E-state index contributed by atoms with van der Waals surface area (Å²) in [5.74, 6) is -2.74. The third-order valence-corrected chi connectivity index (χ3v) is 13.1. The molecule has 5 N–H and O–H groups in total. The minimum Gasteiger partial charge on any atom is -0.444 e. The van der Waals surface area contributed by atoms with Crippen molar-refractivity contribution in [1.29, 1.82) is 0 Å². The molecule has 2 aromatic carbocycles. The Morgan fingerprint density at radius 2 is 1.54 bits per heavy atom. The van der Waals surface area contributed by atoms with Crippen LogP contribution in [0.4, 0.5) is 4.79 Å². The fourth-order valence-electron chi connectivity index (χ4n) is 8.89. The molecule has 3 heterocycles. The van der Waals surface area contributed by atoms with Crippen molar-refractivity contribution in [1.82, 2.24) is 51.3 Å². The number of benzene rings is 2. The summed E-state index contributed by atoms with van der Waals surface area (Å²) in [5, 5.41) is 34.9. The number of aryl methyl sites for hydroxylation is 1. The van der Waals surface area contributed by atoms with Crippen LogP contribution < -0.4 is 21.3 Å². The smallest absolute Gasteiger partial charge is 0.410 e. The highest BCUT2D eigenvalue weighted by molar-refractivity contribution is 5.95. The molecule has 0 spiro atoms. The summed E-state index contributed by atoms with van der Waals surface area (Å²) in [7, 11) is 0. The molecule has 68 heavy (non-hydrogen) atoms. The van der Waals surface area contributed by atoms with Gasteiger partial charge in [0.05, 0.1) is 18.1 Å². The number of ether oxygens (including phenoxy) is 1. The summed E-state index contributed by atoms with van der Waals surface area (Å²) < 4.78 is 7.81. The van der Waals surface area contributed by atoms with Gasteiger partial charge < -0.3 is 40.9 Å². The highest BCUT2D eigenvalue weighted by Crippen LogP contribution is 2.28. The number of likely N-dealkylation sites (tertiary alicyclic amines) is 1. The maximum Gasteiger partial charge on any atom is 0.410 e. The molecule has 3 aromatic rings. The monoisotopic (exact) mass is 943 g/mol. The number of fused-ring (bicyclic) bond motifs is 1. The van der Waals surface area contributed by atoms with Crippen molar-refractivity contribution in [2.75, 3.05) is 13.1 Å². The summed E-state index contributed by atoms with van der Waals surface area (Å²) >= 11 is 0. The van der Waals surface area contributed by atoms with Crippen LogP contribution in [0, 0.1) is 11.8 Å².